The van der Waals surface area contributed by atoms with Crippen LogP contribution in [0.15, 0.2) is 18.2 Å². The van der Waals surface area contributed by atoms with Gasteiger partial charge in [-0.15, -0.1) is 4.31 Å². The van der Waals surface area contributed by atoms with E-state index in [4.69, 9.17) is 15.6 Å². The number of nitrogens with zero attached hydrogens (tertiary/aromatic N) is 1. The van der Waals surface area contributed by atoms with Gasteiger partial charge in [-0.3, -0.25) is 0 Å². The molecule has 0 bridgehead atoms. The molecule has 3 N–H and O–H groups in total. The number of para-hydroxylation sites is 1. The monoisotopic (exact) mass is 390 g/mol. The third-order valence-corrected chi connectivity index (χ3v) is 4.62. The summed E-state index contributed by atoms with van der Waals surface area (Å²) in [5.74, 6) is -0.941. The number of nitrogen functional groups attached to an aromatic ring is 1. The summed E-state index contributed by atoms with van der Waals surface area (Å²) in [6.07, 6.45) is 0. The fraction of sp³-hybridized carbons (Fsp3) is 0.588. The number of benzene rings is 1. The zero-order chi connectivity index (χ0) is 20.3. The number of anilines is 1. The highest BCUT2D eigenvalue weighted by Gasteiger charge is 2.25. The fourth-order valence-corrected chi connectivity index (χ4v) is 2.64. The van der Waals surface area contributed by atoms with Gasteiger partial charge in [0.1, 0.15) is 13.3 Å². The van der Waals surface area contributed by atoms with E-state index in [-0.39, 0.29) is 19.2 Å². The summed E-state index contributed by atoms with van der Waals surface area (Å²) in [6.45, 7) is 8.82. The third-order valence-electron chi connectivity index (χ3n) is 3.22. The third kappa shape index (κ3) is 9.14. The highest BCUT2D eigenvalue weighted by molar-refractivity contribution is 7.84. The number of hydrogen-bond acceptors (Lipinski definition) is 7. The molecule has 150 valence electrons. The Bertz CT molecular complexity index is 641. The number of aryl methyl sites for hydroxylation is 2. The maximum Gasteiger partial charge on any atom is 0.389 e. The summed E-state index contributed by atoms with van der Waals surface area (Å²) in [6, 6.07) is 6.05. The lowest BCUT2D eigenvalue weighted by atomic mass is 10.1. The number of aliphatic hydroxyl groups is 1. The molecule has 0 amide bonds. The largest absolute Gasteiger partial charge is 0.398 e. The van der Waals surface area contributed by atoms with Gasteiger partial charge in [0.05, 0.1) is 6.61 Å². The molecule has 0 radical (unpaired) electrons. The molecule has 0 saturated carbocycles. The van der Waals surface area contributed by atoms with Crippen LogP contribution in [-0.4, -0.2) is 50.3 Å². The molecule has 0 aliphatic rings. The first-order valence-corrected chi connectivity index (χ1v) is 9.64. The van der Waals surface area contributed by atoms with Crippen LogP contribution in [0.2, 0.25) is 0 Å². The Hall–Kier alpha value is -1.68. The van der Waals surface area contributed by atoms with Gasteiger partial charge in [-0.25, -0.2) is 4.79 Å². The molecule has 0 saturated heterocycles. The second kappa shape index (κ2) is 11.8. The summed E-state index contributed by atoms with van der Waals surface area (Å²) in [5, 5.41) is 8.41. The molecule has 9 heteroatoms. The second-order valence-electron chi connectivity index (χ2n) is 6.04. The predicted octanol–water partition coefficient (Wildman–Crippen LogP) is 1.60. The van der Waals surface area contributed by atoms with Crippen molar-refractivity contribution in [1.29, 1.82) is 0 Å². The molecule has 26 heavy (non-hydrogen) atoms. The Morgan fingerprint density at radius 1 is 1.27 bits per heavy atom. The number of carbonyl (C=O) groups is 1. The lowest BCUT2D eigenvalue weighted by Gasteiger charge is -2.19. The van der Waals surface area contributed by atoms with E-state index in [1.54, 1.807) is 6.92 Å². The Morgan fingerprint density at radius 2 is 1.81 bits per heavy atom. The summed E-state index contributed by atoms with van der Waals surface area (Å²) < 4.78 is 33.1. The Balaban J connectivity index is 0.000000577. The summed E-state index contributed by atoms with van der Waals surface area (Å²) in [7, 11) is -4.18. The van der Waals surface area contributed by atoms with E-state index in [0.29, 0.717) is 6.61 Å². The van der Waals surface area contributed by atoms with Crippen LogP contribution >= 0.6 is 0 Å². The lowest BCUT2D eigenvalue weighted by molar-refractivity contribution is -0.137. The molecule has 1 rings (SSSR count). The average Bonchev–Trinajstić information content (AvgIpc) is 2.56. The number of hydrogen-bond donors (Lipinski definition) is 2. The average molecular weight is 391 g/mol. The van der Waals surface area contributed by atoms with E-state index in [1.165, 1.54) is 0 Å². The molecule has 8 nitrogen and oxygen atoms in total. The van der Waals surface area contributed by atoms with Crippen LogP contribution in [0.1, 0.15) is 31.9 Å². The van der Waals surface area contributed by atoms with Gasteiger partial charge < -0.3 is 19.8 Å². The number of ether oxygens (including phenoxy) is 1. The first kappa shape index (κ1) is 24.3. The Labute approximate surface area is 156 Å². The molecule has 0 fully saturated rings. The van der Waals surface area contributed by atoms with Gasteiger partial charge >= 0.3 is 16.3 Å². The second-order valence-corrected chi connectivity index (χ2v) is 7.58. The van der Waals surface area contributed by atoms with Crippen molar-refractivity contribution in [3.05, 3.63) is 29.3 Å². The molecule has 1 aromatic rings. The quantitative estimate of drug-likeness (QED) is 0.511. The molecule has 0 aliphatic carbocycles. The Morgan fingerprint density at radius 3 is 2.19 bits per heavy atom. The molecular weight excluding hydrogens is 360 g/mol. The summed E-state index contributed by atoms with van der Waals surface area (Å²) in [5.41, 5.74) is 8.92. The number of rotatable bonds is 8. The van der Waals surface area contributed by atoms with Crippen molar-refractivity contribution in [3.8, 4) is 0 Å². The van der Waals surface area contributed by atoms with Crippen LogP contribution in [0, 0.1) is 19.8 Å². The van der Waals surface area contributed by atoms with Crippen molar-refractivity contribution in [3.63, 3.8) is 0 Å². The summed E-state index contributed by atoms with van der Waals surface area (Å²) >= 11 is 0. The fourth-order valence-electron chi connectivity index (χ4n) is 1.73. The molecule has 0 heterocycles. The van der Waals surface area contributed by atoms with Crippen molar-refractivity contribution < 1.29 is 27.2 Å². The lowest BCUT2D eigenvalue weighted by Crippen LogP contribution is -2.36. The van der Waals surface area contributed by atoms with Crippen LogP contribution in [0.25, 0.3) is 0 Å². The minimum atomic E-state index is -4.18. The zero-order valence-corrected chi connectivity index (χ0v) is 16.9. The summed E-state index contributed by atoms with van der Waals surface area (Å²) in [4.78, 5) is 10.7. The van der Waals surface area contributed by atoms with E-state index in [9.17, 15) is 13.2 Å². The van der Waals surface area contributed by atoms with E-state index >= 15 is 0 Å². The smallest absolute Gasteiger partial charge is 0.389 e. The molecular formula is C17H30N2O6S. The van der Waals surface area contributed by atoms with Gasteiger partial charge in [-0.1, -0.05) is 39.0 Å². The van der Waals surface area contributed by atoms with Gasteiger partial charge in [-0.05, 0) is 30.9 Å². The van der Waals surface area contributed by atoms with E-state index in [2.05, 4.69) is 4.18 Å². The van der Waals surface area contributed by atoms with Crippen LogP contribution in [0.5, 0.6) is 0 Å². The number of aliphatic hydroxyl groups excluding tert-OH is 1. The Kier molecular flexibility index (Phi) is 11.1. The van der Waals surface area contributed by atoms with Crippen molar-refractivity contribution in [1.82, 2.24) is 4.31 Å². The predicted molar refractivity (Wildman–Crippen MR) is 100 cm³/mol. The van der Waals surface area contributed by atoms with Crippen molar-refractivity contribution in [2.45, 2.75) is 34.6 Å². The normalized spacial score (nSPS) is 11.2. The molecule has 0 spiro atoms. The molecule has 0 atom stereocenters. The first-order valence-electron chi connectivity index (χ1n) is 8.27. The van der Waals surface area contributed by atoms with Crippen LogP contribution in [0.4, 0.5) is 5.69 Å². The van der Waals surface area contributed by atoms with Gasteiger partial charge in [0.2, 0.25) is 0 Å². The minimum absolute atomic E-state index is 0.110. The maximum atomic E-state index is 11.5. The van der Waals surface area contributed by atoms with Gasteiger partial charge in [0.25, 0.3) is 0 Å². The van der Waals surface area contributed by atoms with Gasteiger partial charge in [0, 0.05) is 12.2 Å². The highest BCUT2D eigenvalue weighted by Crippen LogP contribution is 2.13. The van der Waals surface area contributed by atoms with E-state index in [0.717, 1.165) is 21.1 Å². The van der Waals surface area contributed by atoms with Crippen molar-refractivity contribution in [2.24, 2.45) is 5.92 Å². The number of carbonyl (C=O) groups excluding carboxylic acids is 1. The van der Waals surface area contributed by atoms with Gasteiger partial charge in [0.15, 0.2) is 0 Å². The first-order chi connectivity index (χ1) is 12.0. The van der Waals surface area contributed by atoms with Crippen molar-refractivity contribution >= 4 is 22.0 Å². The minimum Gasteiger partial charge on any atom is -0.398 e. The van der Waals surface area contributed by atoms with Crippen LogP contribution in [-0.2, 0) is 24.0 Å². The molecule has 0 unspecified atom stereocenters. The van der Waals surface area contributed by atoms with E-state index in [1.807, 2.05) is 45.9 Å². The highest BCUT2D eigenvalue weighted by atomic mass is 32.2. The van der Waals surface area contributed by atoms with Gasteiger partial charge in [-0.2, -0.15) is 8.42 Å². The maximum absolute atomic E-state index is 11.5. The van der Waals surface area contributed by atoms with Crippen LogP contribution < -0.4 is 5.73 Å². The molecule has 1 aromatic carbocycles. The number of nitrogens with two attached hydrogens (primary N) is 1. The van der Waals surface area contributed by atoms with E-state index < -0.39 is 22.9 Å². The van der Waals surface area contributed by atoms with Crippen molar-refractivity contribution in [2.75, 3.05) is 32.2 Å². The SMILES string of the molecule is CCN(COCC(C)C)S(=O)(=O)OC(=O)CO.Cc1cccc(C)c1N. The van der Waals surface area contributed by atoms with Crippen LogP contribution in [0.3, 0.4) is 0 Å². The zero-order valence-electron chi connectivity index (χ0n) is 16.1. The topological polar surface area (TPSA) is 119 Å². The standard InChI is InChI=1S/C9H19NO6S.C8H11N/c1-4-10(7-15-6-8(2)3)17(13,14)16-9(12)5-11;1-6-4-3-5-7(2)8(6)9/h8,11H,4-7H2,1-3H3;3-5H,9H2,1-2H3. The molecule has 0 aliphatic heterocycles. The molecule has 0 aromatic heterocycles.